The highest BCUT2D eigenvalue weighted by Gasteiger charge is 2.22. The molecule has 0 aliphatic heterocycles. The fraction of sp³-hybridized carbons (Fsp3) is 1.00. The van der Waals surface area contributed by atoms with Gasteiger partial charge in [0.2, 0.25) is 0 Å². The first-order valence-electron chi connectivity index (χ1n) is 6.60. The maximum absolute atomic E-state index is 5.87. The van der Waals surface area contributed by atoms with E-state index in [0.717, 1.165) is 32.0 Å². The molecule has 1 aliphatic rings. The van der Waals surface area contributed by atoms with E-state index in [1.54, 1.807) is 0 Å². The predicted octanol–water partition coefficient (Wildman–Crippen LogP) is 3.25. The van der Waals surface area contributed by atoms with Gasteiger partial charge in [-0.3, -0.25) is 0 Å². The standard InChI is InChI=1S/C12H26O2Si/c1-3-9-13-15(14-10-4-2)11-12-7-5-6-8-12/h12,15H,3-11H2,1-2H3. The average Bonchev–Trinajstić information content (AvgIpc) is 2.74. The van der Waals surface area contributed by atoms with Crippen LogP contribution >= 0.6 is 0 Å². The summed E-state index contributed by atoms with van der Waals surface area (Å²) in [4.78, 5) is 0. The molecule has 0 unspecified atom stereocenters. The fourth-order valence-electron chi connectivity index (χ4n) is 2.20. The van der Waals surface area contributed by atoms with Gasteiger partial charge in [0.05, 0.1) is 0 Å². The Labute approximate surface area is 96.2 Å². The molecule has 0 aromatic rings. The first-order chi connectivity index (χ1) is 7.36. The molecule has 0 spiro atoms. The van der Waals surface area contributed by atoms with Crippen LogP contribution in [0.4, 0.5) is 0 Å². The lowest BCUT2D eigenvalue weighted by Crippen LogP contribution is -2.26. The molecule has 0 aromatic carbocycles. The minimum Gasteiger partial charge on any atom is -0.397 e. The van der Waals surface area contributed by atoms with Gasteiger partial charge in [-0.2, -0.15) is 0 Å². The molecule has 1 aliphatic carbocycles. The summed E-state index contributed by atoms with van der Waals surface area (Å²) in [7, 11) is -1.32. The van der Waals surface area contributed by atoms with Gasteiger partial charge in [0.25, 0.3) is 0 Å². The number of rotatable bonds is 8. The second kappa shape index (κ2) is 8.31. The maximum atomic E-state index is 5.87. The zero-order valence-corrected chi connectivity index (χ0v) is 11.5. The largest absolute Gasteiger partial charge is 0.397 e. The van der Waals surface area contributed by atoms with E-state index in [1.807, 2.05) is 0 Å². The van der Waals surface area contributed by atoms with Crippen molar-refractivity contribution in [3.05, 3.63) is 0 Å². The molecule has 1 saturated carbocycles. The van der Waals surface area contributed by atoms with Crippen LogP contribution in [0.25, 0.3) is 0 Å². The molecule has 0 aromatic heterocycles. The van der Waals surface area contributed by atoms with Crippen molar-refractivity contribution >= 4 is 9.28 Å². The zero-order chi connectivity index (χ0) is 10.9. The highest BCUT2D eigenvalue weighted by molar-refractivity contribution is 6.44. The van der Waals surface area contributed by atoms with Crippen LogP contribution in [0, 0.1) is 5.92 Å². The highest BCUT2D eigenvalue weighted by atomic mass is 28.3. The molecule has 0 heterocycles. The lowest BCUT2D eigenvalue weighted by atomic mass is 10.1. The molecular formula is C12H26O2Si. The van der Waals surface area contributed by atoms with Gasteiger partial charge < -0.3 is 8.85 Å². The molecule has 3 heteroatoms. The van der Waals surface area contributed by atoms with Crippen LogP contribution in [0.5, 0.6) is 0 Å². The average molecular weight is 230 g/mol. The van der Waals surface area contributed by atoms with E-state index in [9.17, 15) is 0 Å². The van der Waals surface area contributed by atoms with E-state index in [1.165, 1.54) is 31.7 Å². The summed E-state index contributed by atoms with van der Waals surface area (Å²) >= 11 is 0. The topological polar surface area (TPSA) is 18.5 Å². The Bertz CT molecular complexity index is 139. The first-order valence-corrected chi connectivity index (χ1v) is 8.36. The zero-order valence-electron chi connectivity index (χ0n) is 10.3. The molecule has 0 N–H and O–H groups in total. The fourth-order valence-corrected chi connectivity index (χ4v) is 4.58. The molecule has 1 fully saturated rings. The van der Waals surface area contributed by atoms with Gasteiger partial charge >= 0.3 is 9.28 Å². The van der Waals surface area contributed by atoms with Crippen molar-refractivity contribution in [1.29, 1.82) is 0 Å². The quantitative estimate of drug-likeness (QED) is 0.596. The molecule has 90 valence electrons. The van der Waals surface area contributed by atoms with Crippen molar-refractivity contribution in [2.45, 2.75) is 58.4 Å². The van der Waals surface area contributed by atoms with E-state index in [-0.39, 0.29) is 0 Å². The van der Waals surface area contributed by atoms with Crippen LogP contribution in [0.1, 0.15) is 52.4 Å². The SMILES string of the molecule is CCCO[SiH](CC1CCCC1)OCCC. The summed E-state index contributed by atoms with van der Waals surface area (Å²) in [6.07, 6.45) is 7.90. The molecule has 0 radical (unpaired) electrons. The lowest BCUT2D eigenvalue weighted by Gasteiger charge is -2.19. The van der Waals surface area contributed by atoms with E-state index in [2.05, 4.69) is 13.8 Å². The maximum Gasteiger partial charge on any atom is 0.321 e. The van der Waals surface area contributed by atoms with Crippen molar-refractivity contribution < 1.29 is 8.85 Å². The van der Waals surface area contributed by atoms with Crippen LogP contribution in [0.3, 0.4) is 0 Å². The second-order valence-corrected chi connectivity index (χ2v) is 6.55. The summed E-state index contributed by atoms with van der Waals surface area (Å²) in [5.41, 5.74) is 0. The summed E-state index contributed by atoms with van der Waals surface area (Å²) in [5, 5.41) is 0. The monoisotopic (exact) mass is 230 g/mol. The Morgan fingerprint density at radius 1 is 1.00 bits per heavy atom. The molecule has 0 atom stereocenters. The number of hydrogen-bond acceptors (Lipinski definition) is 2. The van der Waals surface area contributed by atoms with E-state index < -0.39 is 9.28 Å². The normalized spacial score (nSPS) is 17.8. The highest BCUT2D eigenvalue weighted by Crippen LogP contribution is 2.29. The first kappa shape index (κ1) is 13.2. The van der Waals surface area contributed by atoms with Gasteiger partial charge in [0.15, 0.2) is 0 Å². The van der Waals surface area contributed by atoms with Crippen LogP contribution in [-0.4, -0.2) is 22.5 Å². The van der Waals surface area contributed by atoms with E-state index in [0.29, 0.717) is 0 Å². The Kier molecular flexibility index (Phi) is 7.31. The molecule has 2 nitrogen and oxygen atoms in total. The molecule has 15 heavy (non-hydrogen) atoms. The predicted molar refractivity (Wildman–Crippen MR) is 66.4 cm³/mol. The van der Waals surface area contributed by atoms with Crippen molar-refractivity contribution in [2.75, 3.05) is 13.2 Å². The van der Waals surface area contributed by atoms with Crippen molar-refractivity contribution in [2.24, 2.45) is 5.92 Å². The third kappa shape index (κ3) is 5.69. The summed E-state index contributed by atoms with van der Waals surface area (Å²) in [5.74, 6) is 0.912. The minimum atomic E-state index is -1.32. The van der Waals surface area contributed by atoms with Crippen molar-refractivity contribution in [3.8, 4) is 0 Å². The molecule has 0 amide bonds. The van der Waals surface area contributed by atoms with E-state index in [4.69, 9.17) is 8.85 Å². The molecule has 1 rings (SSSR count). The van der Waals surface area contributed by atoms with Gasteiger partial charge in [-0.15, -0.1) is 0 Å². The molecule has 0 bridgehead atoms. The number of hydrogen-bond donors (Lipinski definition) is 0. The third-order valence-electron chi connectivity index (χ3n) is 3.02. The van der Waals surface area contributed by atoms with Gasteiger partial charge in [-0.05, 0) is 24.8 Å². The summed E-state index contributed by atoms with van der Waals surface area (Å²) in [6, 6.07) is 1.25. The lowest BCUT2D eigenvalue weighted by molar-refractivity contribution is 0.192. The van der Waals surface area contributed by atoms with E-state index >= 15 is 0 Å². The van der Waals surface area contributed by atoms with Crippen LogP contribution < -0.4 is 0 Å². The second-order valence-electron chi connectivity index (χ2n) is 4.56. The Morgan fingerprint density at radius 3 is 2.00 bits per heavy atom. The van der Waals surface area contributed by atoms with Crippen molar-refractivity contribution in [3.63, 3.8) is 0 Å². The van der Waals surface area contributed by atoms with Crippen molar-refractivity contribution in [1.82, 2.24) is 0 Å². The van der Waals surface area contributed by atoms with Gasteiger partial charge in [-0.25, -0.2) is 0 Å². The van der Waals surface area contributed by atoms with Gasteiger partial charge in [0, 0.05) is 13.2 Å². The Morgan fingerprint density at radius 2 is 1.53 bits per heavy atom. The summed E-state index contributed by atoms with van der Waals surface area (Å²) < 4.78 is 11.7. The van der Waals surface area contributed by atoms with Gasteiger partial charge in [0.1, 0.15) is 0 Å². The van der Waals surface area contributed by atoms with Gasteiger partial charge in [-0.1, -0.05) is 39.5 Å². The summed E-state index contributed by atoms with van der Waals surface area (Å²) in [6.45, 7) is 6.13. The third-order valence-corrected chi connectivity index (χ3v) is 5.28. The van der Waals surface area contributed by atoms with Crippen LogP contribution in [-0.2, 0) is 8.85 Å². The Hall–Kier alpha value is 0.137. The Balaban J connectivity index is 2.19. The smallest absolute Gasteiger partial charge is 0.321 e. The molecular weight excluding hydrogens is 204 g/mol. The minimum absolute atomic E-state index is 0.896. The van der Waals surface area contributed by atoms with Crippen LogP contribution in [0.15, 0.2) is 0 Å². The molecule has 0 saturated heterocycles. The van der Waals surface area contributed by atoms with Crippen LogP contribution in [0.2, 0.25) is 6.04 Å².